The van der Waals surface area contributed by atoms with Gasteiger partial charge in [-0.25, -0.2) is 4.79 Å². The summed E-state index contributed by atoms with van der Waals surface area (Å²) in [4.78, 5) is 11.9. The van der Waals surface area contributed by atoms with Crippen LogP contribution in [0, 0.1) is 13.8 Å². The van der Waals surface area contributed by atoms with Gasteiger partial charge in [0.2, 0.25) is 0 Å². The van der Waals surface area contributed by atoms with Gasteiger partial charge in [0, 0.05) is 23.4 Å². The Balaban J connectivity index is 1.43. The van der Waals surface area contributed by atoms with Crippen LogP contribution in [-0.4, -0.2) is 19.8 Å². The topological polar surface area (TPSA) is 65.3 Å². The molecule has 0 radical (unpaired) electrons. The molecule has 2 heterocycles. The highest BCUT2D eigenvalue weighted by Crippen LogP contribution is 2.30. The number of hydrogen-bond donors (Lipinski definition) is 1. The third-order valence-corrected chi connectivity index (χ3v) is 5.05. The average molecular weight is 366 g/mol. The molecule has 27 heavy (non-hydrogen) atoms. The first-order valence-electron chi connectivity index (χ1n) is 9.34. The van der Waals surface area contributed by atoms with Crippen molar-refractivity contribution in [3.8, 4) is 11.5 Å². The van der Waals surface area contributed by atoms with Gasteiger partial charge in [0.15, 0.2) is 11.5 Å². The number of fused-ring (bicyclic) bond motifs is 2. The molecule has 0 saturated heterocycles. The molecule has 3 aromatic rings. The van der Waals surface area contributed by atoms with E-state index in [0.717, 1.165) is 47.5 Å². The van der Waals surface area contributed by atoms with E-state index in [1.807, 2.05) is 19.1 Å². The lowest BCUT2D eigenvalue weighted by atomic mass is 10.0. The molecular formula is C22H24NO4+. The summed E-state index contributed by atoms with van der Waals surface area (Å²) in [5.74, 6) is 1.65. The van der Waals surface area contributed by atoms with E-state index in [-0.39, 0.29) is 5.63 Å². The van der Waals surface area contributed by atoms with Gasteiger partial charge in [-0.2, -0.15) is 0 Å². The standard InChI is InChI=1S/C22H23NO4/c1-14-9-18-17(12-22(24)27-20(18)10-15(14)2)13-23-6-5-16-3-4-19-21(11-16)26-8-7-25-19/h3-4,9-12,23H,5-8,13H2,1-2H3/p+1. The van der Waals surface area contributed by atoms with Gasteiger partial charge in [-0.1, -0.05) is 6.07 Å². The molecule has 0 unspecified atom stereocenters. The van der Waals surface area contributed by atoms with E-state index < -0.39 is 0 Å². The highest BCUT2D eigenvalue weighted by atomic mass is 16.6. The molecule has 0 fully saturated rings. The van der Waals surface area contributed by atoms with Gasteiger partial charge < -0.3 is 19.2 Å². The fourth-order valence-corrected chi connectivity index (χ4v) is 3.42. The maximum atomic E-state index is 11.9. The molecule has 0 aliphatic carbocycles. The van der Waals surface area contributed by atoms with E-state index in [9.17, 15) is 4.79 Å². The van der Waals surface area contributed by atoms with E-state index in [4.69, 9.17) is 13.9 Å². The molecule has 0 spiro atoms. The fourth-order valence-electron chi connectivity index (χ4n) is 3.42. The number of benzene rings is 2. The largest absolute Gasteiger partial charge is 0.486 e. The normalized spacial score (nSPS) is 13.1. The van der Waals surface area contributed by atoms with Crippen LogP contribution in [0.4, 0.5) is 0 Å². The molecule has 4 rings (SSSR count). The van der Waals surface area contributed by atoms with Gasteiger partial charge in [-0.3, -0.25) is 0 Å². The van der Waals surface area contributed by atoms with Gasteiger partial charge in [0.1, 0.15) is 25.3 Å². The summed E-state index contributed by atoms with van der Waals surface area (Å²) in [5, 5.41) is 3.24. The van der Waals surface area contributed by atoms with Crippen LogP contribution in [0.15, 0.2) is 45.6 Å². The van der Waals surface area contributed by atoms with Crippen LogP contribution in [-0.2, 0) is 13.0 Å². The molecule has 5 heteroatoms. The summed E-state index contributed by atoms with van der Waals surface area (Å²) in [7, 11) is 0. The van der Waals surface area contributed by atoms with Crippen molar-refractivity contribution in [2.45, 2.75) is 26.8 Å². The summed E-state index contributed by atoms with van der Waals surface area (Å²) >= 11 is 0. The van der Waals surface area contributed by atoms with Gasteiger partial charge in [0.05, 0.1) is 6.54 Å². The molecule has 140 valence electrons. The Kier molecular flexibility index (Phi) is 4.86. The molecule has 1 aliphatic rings. The monoisotopic (exact) mass is 366 g/mol. The van der Waals surface area contributed by atoms with Crippen molar-refractivity contribution in [1.82, 2.24) is 0 Å². The van der Waals surface area contributed by atoms with E-state index in [1.54, 1.807) is 6.07 Å². The highest BCUT2D eigenvalue weighted by Gasteiger charge is 2.12. The Bertz CT molecular complexity index is 1040. The smallest absolute Gasteiger partial charge is 0.336 e. The molecule has 1 aliphatic heterocycles. The van der Waals surface area contributed by atoms with Crippen molar-refractivity contribution in [3.63, 3.8) is 0 Å². The van der Waals surface area contributed by atoms with E-state index in [1.165, 1.54) is 11.1 Å². The fraction of sp³-hybridized carbons (Fsp3) is 0.318. The van der Waals surface area contributed by atoms with Crippen molar-refractivity contribution < 1.29 is 19.2 Å². The number of ether oxygens (including phenoxy) is 2. The first kappa shape index (κ1) is 17.6. The number of quaternary nitrogens is 1. The van der Waals surface area contributed by atoms with E-state index in [0.29, 0.717) is 18.8 Å². The van der Waals surface area contributed by atoms with Crippen LogP contribution < -0.4 is 20.4 Å². The van der Waals surface area contributed by atoms with Crippen molar-refractivity contribution >= 4 is 11.0 Å². The molecule has 5 nitrogen and oxygen atoms in total. The molecule has 0 amide bonds. The molecule has 0 bridgehead atoms. The average Bonchev–Trinajstić information content (AvgIpc) is 2.66. The van der Waals surface area contributed by atoms with Gasteiger partial charge in [0.25, 0.3) is 0 Å². The summed E-state index contributed by atoms with van der Waals surface area (Å²) < 4.78 is 16.6. The molecule has 0 saturated carbocycles. The Labute approximate surface area is 157 Å². The Hall–Kier alpha value is -2.79. The van der Waals surface area contributed by atoms with Gasteiger partial charge in [-0.05, 0) is 54.8 Å². The highest BCUT2D eigenvalue weighted by molar-refractivity contribution is 5.81. The maximum absolute atomic E-state index is 11.9. The van der Waals surface area contributed by atoms with Crippen LogP contribution in [0.2, 0.25) is 0 Å². The zero-order valence-electron chi connectivity index (χ0n) is 15.7. The van der Waals surface area contributed by atoms with Crippen molar-refractivity contribution in [2.24, 2.45) is 0 Å². The SMILES string of the molecule is Cc1cc2oc(=O)cc(C[NH2+]CCc3ccc4c(c3)OCCO4)c2cc1C. The number of rotatable bonds is 5. The lowest BCUT2D eigenvalue weighted by Gasteiger charge is -2.18. The summed E-state index contributed by atoms with van der Waals surface area (Å²) in [6.07, 6.45) is 0.925. The lowest BCUT2D eigenvalue weighted by molar-refractivity contribution is -0.670. The van der Waals surface area contributed by atoms with Crippen LogP contribution in [0.3, 0.4) is 0 Å². The third-order valence-electron chi connectivity index (χ3n) is 5.05. The second-order valence-electron chi connectivity index (χ2n) is 7.03. The zero-order chi connectivity index (χ0) is 18.8. The third kappa shape index (κ3) is 3.83. The second-order valence-corrected chi connectivity index (χ2v) is 7.03. The minimum atomic E-state index is -0.291. The van der Waals surface area contributed by atoms with Crippen molar-refractivity contribution in [3.05, 3.63) is 69.1 Å². The Morgan fingerprint density at radius 3 is 2.59 bits per heavy atom. The summed E-state index contributed by atoms with van der Waals surface area (Å²) in [6, 6.07) is 11.8. The minimum Gasteiger partial charge on any atom is -0.486 e. The van der Waals surface area contributed by atoms with E-state index in [2.05, 4.69) is 30.4 Å². The van der Waals surface area contributed by atoms with Crippen molar-refractivity contribution in [1.29, 1.82) is 0 Å². The zero-order valence-corrected chi connectivity index (χ0v) is 15.7. The predicted octanol–water partition coefficient (Wildman–Crippen LogP) is 2.49. The molecular weight excluding hydrogens is 342 g/mol. The number of hydrogen-bond acceptors (Lipinski definition) is 4. The number of nitrogens with two attached hydrogens (primary N) is 1. The molecule has 2 aromatic carbocycles. The molecule has 2 N–H and O–H groups in total. The minimum absolute atomic E-state index is 0.291. The second kappa shape index (κ2) is 7.45. The van der Waals surface area contributed by atoms with Gasteiger partial charge in [-0.15, -0.1) is 0 Å². The van der Waals surface area contributed by atoms with Crippen LogP contribution >= 0.6 is 0 Å². The molecule has 0 atom stereocenters. The van der Waals surface area contributed by atoms with Crippen molar-refractivity contribution in [2.75, 3.05) is 19.8 Å². The summed E-state index contributed by atoms with van der Waals surface area (Å²) in [5.41, 5.74) is 4.95. The van der Waals surface area contributed by atoms with Crippen LogP contribution in [0.25, 0.3) is 11.0 Å². The lowest BCUT2D eigenvalue weighted by Crippen LogP contribution is -2.83. The Morgan fingerprint density at radius 1 is 0.963 bits per heavy atom. The first-order chi connectivity index (χ1) is 13.1. The van der Waals surface area contributed by atoms with Gasteiger partial charge >= 0.3 is 5.63 Å². The molecule has 1 aromatic heterocycles. The maximum Gasteiger partial charge on any atom is 0.336 e. The number of aryl methyl sites for hydroxylation is 2. The van der Waals surface area contributed by atoms with Crippen LogP contribution in [0.1, 0.15) is 22.3 Å². The first-order valence-corrected chi connectivity index (χ1v) is 9.34. The van der Waals surface area contributed by atoms with E-state index >= 15 is 0 Å². The Morgan fingerprint density at radius 2 is 1.74 bits per heavy atom. The predicted molar refractivity (Wildman–Crippen MR) is 104 cm³/mol. The van der Waals surface area contributed by atoms with Crippen LogP contribution in [0.5, 0.6) is 11.5 Å². The quantitative estimate of drug-likeness (QED) is 0.557. The summed E-state index contributed by atoms with van der Waals surface area (Å²) in [6.45, 7) is 6.99.